The minimum absolute atomic E-state index is 0.682. The van der Waals surface area contributed by atoms with Crippen LogP contribution in [0.1, 0.15) is 34.5 Å². The molecule has 1 aliphatic heterocycles. The molecule has 2 aromatic rings. The zero-order valence-electron chi connectivity index (χ0n) is 9.75. The monoisotopic (exact) mass is 240 g/mol. The Bertz CT molecular complexity index is 418. The van der Waals surface area contributed by atoms with Crippen molar-refractivity contribution in [2.45, 2.75) is 23.3 Å². The van der Waals surface area contributed by atoms with Gasteiger partial charge >= 0.3 is 0 Å². The predicted octanol–water partition coefficient (Wildman–Crippen LogP) is 5.00. The molecule has 0 nitrogen and oxygen atoms in total. The van der Waals surface area contributed by atoms with Crippen LogP contribution < -0.4 is 0 Å². The van der Waals surface area contributed by atoms with E-state index in [9.17, 15) is 0 Å². The van der Waals surface area contributed by atoms with Crippen molar-refractivity contribution in [3.63, 3.8) is 0 Å². The summed E-state index contributed by atoms with van der Waals surface area (Å²) in [4.78, 5) is 0. The van der Waals surface area contributed by atoms with Crippen LogP contribution in [0.5, 0.6) is 0 Å². The molecule has 0 aliphatic carbocycles. The highest BCUT2D eigenvalue weighted by Crippen LogP contribution is 2.52. The predicted molar refractivity (Wildman–Crippen MR) is 75.2 cm³/mol. The number of hydrogen-bond donors (Lipinski definition) is 0. The normalized spacial score (nSPS) is 23.8. The molecule has 0 N–H and O–H groups in total. The molecule has 1 fully saturated rings. The van der Waals surface area contributed by atoms with Crippen molar-refractivity contribution >= 4 is 11.8 Å². The van der Waals surface area contributed by atoms with Gasteiger partial charge in [0.25, 0.3) is 0 Å². The van der Waals surface area contributed by atoms with Gasteiger partial charge in [0.15, 0.2) is 0 Å². The molecule has 1 heterocycles. The number of thioether (sulfide) groups is 1. The summed E-state index contributed by atoms with van der Waals surface area (Å²) in [5, 5.41) is 1.36. The van der Waals surface area contributed by atoms with Crippen LogP contribution >= 0.6 is 11.8 Å². The maximum atomic E-state index is 2.26. The molecule has 1 saturated heterocycles. The summed E-state index contributed by atoms with van der Waals surface area (Å²) in [5.41, 5.74) is 2.96. The summed E-state index contributed by atoms with van der Waals surface area (Å²) in [5.74, 6) is 0. The fourth-order valence-corrected chi connectivity index (χ4v) is 4.03. The van der Waals surface area contributed by atoms with E-state index < -0.39 is 0 Å². The van der Waals surface area contributed by atoms with E-state index in [1.54, 1.807) is 0 Å². The zero-order valence-corrected chi connectivity index (χ0v) is 10.6. The second-order valence-corrected chi connectivity index (χ2v) is 5.92. The minimum Gasteiger partial charge on any atom is -0.146 e. The van der Waals surface area contributed by atoms with E-state index in [2.05, 4.69) is 72.4 Å². The standard InChI is InChI=1S/C16H16S/c1-3-7-13(8-4-1)15-11-12-16(17-15)14-9-5-2-6-10-14/h1-10,15-16H,11-12H2/t15-,16-/m0/s1. The van der Waals surface area contributed by atoms with Crippen molar-refractivity contribution < 1.29 is 0 Å². The second-order valence-electron chi connectivity index (χ2n) is 4.51. The van der Waals surface area contributed by atoms with Crippen LogP contribution in [0.2, 0.25) is 0 Å². The third-order valence-corrected chi connectivity index (χ3v) is 5.04. The first-order chi connectivity index (χ1) is 8.43. The fourth-order valence-electron chi connectivity index (χ4n) is 2.46. The van der Waals surface area contributed by atoms with Gasteiger partial charge < -0.3 is 0 Å². The van der Waals surface area contributed by atoms with Crippen LogP contribution in [0.25, 0.3) is 0 Å². The molecule has 86 valence electrons. The average Bonchev–Trinajstić information content (AvgIpc) is 2.90. The summed E-state index contributed by atoms with van der Waals surface area (Å²) in [6, 6.07) is 21.8. The van der Waals surface area contributed by atoms with Gasteiger partial charge in [-0.2, -0.15) is 0 Å². The average molecular weight is 240 g/mol. The smallest absolute Gasteiger partial charge is 0.0303 e. The van der Waals surface area contributed by atoms with Gasteiger partial charge in [-0.15, -0.1) is 11.8 Å². The second kappa shape index (κ2) is 4.97. The molecule has 1 heteroatoms. The largest absolute Gasteiger partial charge is 0.146 e. The fraction of sp³-hybridized carbons (Fsp3) is 0.250. The van der Waals surface area contributed by atoms with Crippen molar-refractivity contribution in [1.82, 2.24) is 0 Å². The van der Waals surface area contributed by atoms with E-state index in [1.165, 1.54) is 24.0 Å². The van der Waals surface area contributed by atoms with Gasteiger partial charge in [-0.1, -0.05) is 60.7 Å². The molecular weight excluding hydrogens is 224 g/mol. The van der Waals surface area contributed by atoms with Gasteiger partial charge in [-0.25, -0.2) is 0 Å². The SMILES string of the molecule is c1ccc([C@@H]2CC[C@@H](c3ccccc3)S2)cc1. The molecule has 2 atom stereocenters. The first-order valence-corrected chi connectivity index (χ1v) is 7.13. The highest BCUT2D eigenvalue weighted by atomic mass is 32.2. The molecule has 3 rings (SSSR count). The molecular formula is C16H16S. The first kappa shape index (κ1) is 10.9. The maximum Gasteiger partial charge on any atom is 0.0303 e. The Morgan fingerprint density at radius 1 is 0.647 bits per heavy atom. The van der Waals surface area contributed by atoms with Gasteiger partial charge in [0.1, 0.15) is 0 Å². The van der Waals surface area contributed by atoms with E-state index in [0.29, 0.717) is 10.5 Å². The third kappa shape index (κ3) is 2.39. The molecule has 0 unspecified atom stereocenters. The van der Waals surface area contributed by atoms with Crippen molar-refractivity contribution in [3.8, 4) is 0 Å². The Kier molecular flexibility index (Phi) is 3.19. The highest BCUT2D eigenvalue weighted by Gasteiger charge is 2.27. The summed E-state index contributed by atoms with van der Waals surface area (Å²) in [6.45, 7) is 0. The molecule has 0 amide bonds. The molecule has 0 radical (unpaired) electrons. The van der Waals surface area contributed by atoms with Crippen molar-refractivity contribution in [1.29, 1.82) is 0 Å². The quantitative estimate of drug-likeness (QED) is 0.712. The molecule has 0 spiro atoms. The van der Waals surface area contributed by atoms with Crippen LogP contribution in [0.4, 0.5) is 0 Å². The van der Waals surface area contributed by atoms with Gasteiger partial charge in [-0.05, 0) is 24.0 Å². The highest BCUT2D eigenvalue weighted by molar-refractivity contribution is 8.00. The van der Waals surface area contributed by atoms with Gasteiger partial charge in [0.05, 0.1) is 0 Å². The van der Waals surface area contributed by atoms with E-state index in [4.69, 9.17) is 0 Å². The van der Waals surface area contributed by atoms with Crippen LogP contribution in [-0.2, 0) is 0 Å². The van der Waals surface area contributed by atoms with Crippen molar-refractivity contribution in [2.24, 2.45) is 0 Å². The Labute approximate surface area is 107 Å². The van der Waals surface area contributed by atoms with Crippen LogP contribution in [0, 0.1) is 0 Å². The lowest BCUT2D eigenvalue weighted by Gasteiger charge is -2.11. The number of benzene rings is 2. The molecule has 0 bridgehead atoms. The maximum absolute atomic E-state index is 2.26. The minimum atomic E-state index is 0.682. The molecule has 0 aromatic heterocycles. The van der Waals surface area contributed by atoms with E-state index in [0.717, 1.165) is 0 Å². The van der Waals surface area contributed by atoms with Gasteiger partial charge in [0.2, 0.25) is 0 Å². The third-order valence-electron chi connectivity index (χ3n) is 3.36. The Morgan fingerprint density at radius 2 is 1.06 bits per heavy atom. The van der Waals surface area contributed by atoms with Crippen LogP contribution in [-0.4, -0.2) is 0 Å². The summed E-state index contributed by atoms with van der Waals surface area (Å²) in [6.07, 6.45) is 2.60. The topological polar surface area (TPSA) is 0 Å². The number of hydrogen-bond acceptors (Lipinski definition) is 1. The van der Waals surface area contributed by atoms with Crippen LogP contribution in [0.3, 0.4) is 0 Å². The lowest BCUT2D eigenvalue weighted by atomic mass is 10.0. The van der Waals surface area contributed by atoms with Crippen LogP contribution in [0.15, 0.2) is 60.7 Å². The molecule has 17 heavy (non-hydrogen) atoms. The lowest BCUT2D eigenvalue weighted by Crippen LogP contribution is -1.87. The summed E-state index contributed by atoms with van der Waals surface area (Å²) in [7, 11) is 0. The molecule has 2 aromatic carbocycles. The zero-order chi connectivity index (χ0) is 11.5. The number of rotatable bonds is 2. The summed E-state index contributed by atoms with van der Waals surface area (Å²) >= 11 is 2.12. The first-order valence-electron chi connectivity index (χ1n) is 6.19. The molecule has 1 aliphatic rings. The summed E-state index contributed by atoms with van der Waals surface area (Å²) < 4.78 is 0. The molecule has 0 saturated carbocycles. The van der Waals surface area contributed by atoms with E-state index in [-0.39, 0.29) is 0 Å². The van der Waals surface area contributed by atoms with E-state index >= 15 is 0 Å². The Morgan fingerprint density at radius 3 is 1.47 bits per heavy atom. The van der Waals surface area contributed by atoms with Crippen molar-refractivity contribution in [3.05, 3.63) is 71.8 Å². The lowest BCUT2D eigenvalue weighted by molar-refractivity contribution is 0.765. The van der Waals surface area contributed by atoms with Gasteiger partial charge in [-0.3, -0.25) is 0 Å². The Balaban J connectivity index is 1.75. The van der Waals surface area contributed by atoms with E-state index in [1.807, 2.05) is 0 Å². The van der Waals surface area contributed by atoms with Crippen molar-refractivity contribution in [2.75, 3.05) is 0 Å². The van der Waals surface area contributed by atoms with Gasteiger partial charge in [0, 0.05) is 10.5 Å². The Hall–Kier alpha value is -1.21.